The molecule has 0 spiro atoms. The maximum absolute atomic E-state index is 5.93. The molecule has 9 heteroatoms. The highest BCUT2D eigenvalue weighted by atomic mass is 32.2. The summed E-state index contributed by atoms with van der Waals surface area (Å²) in [4.78, 5) is 0. The molecule has 3 nitrogen and oxygen atoms in total. The molecule has 0 aliphatic heterocycles. The van der Waals surface area contributed by atoms with Crippen molar-refractivity contribution >= 4 is 72.3 Å². The fraction of sp³-hybridized carbons (Fsp3) is 0.727. The Bertz CT molecular complexity index is 536. The van der Waals surface area contributed by atoms with Gasteiger partial charge in [-0.15, -0.1) is 0 Å². The third kappa shape index (κ3) is 17.0. The molecule has 0 N–H and O–H groups in total. The van der Waals surface area contributed by atoms with Crippen molar-refractivity contribution in [2.24, 2.45) is 0 Å². The lowest BCUT2D eigenvalue weighted by atomic mass is 10.2. The van der Waals surface area contributed by atoms with Crippen LogP contribution in [0.2, 0.25) is 0 Å². The van der Waals surface area contributed by atoms with Crippen molar-refractivity contribution in [1.29, 1.82) is 0 Å². The molecule has 0 fully saturated rings. The zero-order chi connectivity index (χ0) is 22.4. The summed E-state index contributed by atoms with van der Waals surface area (Å²) in [5.74, 6) is 12.9. The highest BCUT2D eigenvalue weighted by molar-refractivity contribution is 8.03. The third-order valence-corrected chi connectivity index (χ3v) is 9.66. The maximum atomic E-state index is 5.93. The third-order valence-electron chi connectivity index (χ3n) is 3.98. The van der Waals surface area contributed by atoms with Crippen LogP contribution in [0.5, 0.6) is 11.5 Å². The number of thioether (sulfide) groups is 4. The lowest BCUT2D eigenvalue weighted by molar-refractivity contribution is 0.122. The molecule has 0 atom stereocenters. The van der Waals surface area contributed by atoms with E-state index in [1.165, 1.54) is 23.0 Å². The fourth-order valence-corrected chi connectivity index (χ4v) is 6.87. The topological polar surface area (TPSA) is 27.7 Å². The Labute approximate surface area is 217 Å². The summed E-state index contributed by atoms with van der Waals surface area (Å²) in [6.45, 7) is 2.12. The van der Waals surface area contributed by atoms with Gasteiger partial charge in [0.15, 0.2) is 11.5 Å². The van der Waals surface area contributed by atoms with Crippen molar-refractivity contribution in [2.45, 2.75) is 19.4 Å². The molecule has 1 aromatic rings. The Morgan fingerprint density at radius 1 is 0.710 bits per heavy atom. The van der Waals surface area contributed by atoms with Crippen LogP contribution in [-0.4, -0.2) is 77.9 Å². The van der Waals surface area contributed by atoms with Gasteiger partial charge in [-0.3, -0.25) is 0 Å². The number of hydrogen-bond acceptors (Lipinski definition) is 9. The number of thiol groups is 2. The molecule has 1 rings (SSSR count). The van der Waals surface area contributed by atoms with Gasteiger partial charge in [-0.2, -0.15) is 72.3 Å². The number of rotatable bonds is 22. The van der Waals surface area contributed by atoms with Crippen LogP contribution in [0.15, 0.2) is 18.2 Å². The minimum atomic E-state index is 0.612. The summed E-state index contributed by atoms with van der Waals surface area (Å²) >= 11 is 16.4. The molecule has 31 heavy (non-hydrogen) atoms. The quantitative estimate of drug-likeness (QED) is 0.134. The van der Waals surface area contributed by atoms with Gasteiger partial charge >= 0.3 is 0 Å². The Morgan fingerprint density at radius 3 is 1.87 bits per heavy atom. The normalized spacial score (nSPS) is 11.1. The van der Waals surface area contributed by atoms with Gasteiger partial charge in [0, 0.05) is 41.1 Å². The first-order valence-electron chi connectivity index (χ1n) is 10.7. The molecule has 0 radical (unpaired) electrons. The molecule has 0 heterocycles. The SMILES string of the molecule is COc1cc(COCCCSCCSCCS)ccc1OCCCSCCSCCS. The molecule has 0 aliphatic rings. The first kappa shape index (κ1) is 29.9. The molecular formula is C22H38O3S6. The van der Waals surface area contributed by atoms with Crippen LogP contribution in [-0.2, 0) is 11.3 Å². The van der Waals surface area contributed by atoms with E-state index in [2.05, 4.69) is 31.3 Å². The average Bonchev–Trinajstić information content (AvgIpc) is 2.79. The van der Waals surface area contributed by atoms with E-state index in [1.807, 2.05) is 59.2 Å². The summed E-state index contributed by atoms with van der Waals surface area (Å²) in [5, 5.41) is 0. The van der Waals surface area contributed by atoms with Crippen molar-refractivity contribution in [3.63, 3.8) is 0 Å². The Kier molecular flexibility index (Phi) is 21.9. The Hall–Kier alpha value is 0.880. The predicted octanol–water partition coefficient (Wildman–Crippen LogP) is 6.16. The summed E-state index contributed by atoms with van der Waals surface area (Å²) < 4.78 is 17.3. The van der Waals surface area contributed by atoms with E-state index in [0.29, 0.717) is 13.2 Å². The van der Waals surface area contributed by atoms with Crippen molar-refractivity contribution in [1.82, 2.24) is 0 Å². The largest absolute Gasteiger partial charge is 0.493 e. The van der Waals surface area contributed by atoms with Gasteiger partial charge in [-0.05, 0) is 53.5 Å². The maximum Gasteiger partial charge on any atom is 0.161 e. The van der Waals surface area contributed by atoms with E-state index >= 15 is 0 Å². The molecule has 1 aromatic carbocycles. The van der Waals surface area contributed by atoms with Crippen LogP contribution in [0.25, 0.3) is 0 Å². The Morgan fingerprint density at radius 2 is 1.29 bits per heavy atom. The molecule has 0 aliphatic carbocycles. The van der Waals surface area contributed by atoms with Crippen molar-refractivity contribution < 1.29 is 14.2 Å². The second kappa shape index (κ2) is 22.7. The van der Waals surface area contributed by atoms with Gasteiger partial charge in [0.25, 0.3) is 0 Å². The number of benzene rings is 1. The lowest BCUT2D eigenvalue weighted by Gasteiger charge is -2.12. The van der Waals surface area contributed by atoms with E-state index in [9.17, 15) is 0 Å². The van der Waals surface area contributed by atoms with Crippen LogP contribution < -0.4 is 9.47 Å². The highest BCUT2D eigenvalue weighted by Gasteiger charge is 2.06. The number of ether oxygens (including phenoxy) is 3. The molecule has 0 aromatic heterocycles. The second-order valence-electron chi connectivity index (χ2n) is 6.49. The van der Waals surface area contributed by atoms with Gasteiger partial charge in [0.1, 0.15) is 0 Å². The molecule has 0 unspecified atom stereocenters. The molecule has 0 bridgehead atoms. The summed E-state index contributed by atoms with van der Waals surface area (Å²) in [5.41, 5.74) is 1.12. The van der Waals surface area contributed by atoms with Gasteiger partial charge in [-0.25, -0.2) is 0 Å². The van der Waals surface area contributed by atoms with Crippen molar-refractivity contribution in [2.75, 3.05) is 77.9 Å². The van der Waals surface area contributed by atoms with Gasteiger partial charge in [0.2, 0.25) is 0 Å². The lowest BCUT2D eigenvalue weighted by Crippen LogP contribution is -2.02. The van der Waals surface area contributed by atoms with Crippen LogP contribution in [0, 0.1) is 0 Å². The Balaban J connectivity index is 2.11. The van der Waals surface area contributed by atoms with E-state index in [0.717, 1.165) is 71.0 Å². The number of hydrogen-bond donors (Lipinski definition) is 2. The van der Waals surface area contributed by atoms with E-state index in [1.54, 1.807) is 7.11 Å². The van der Waals surface area contributed by atoms with Crippen molar-refractivity contribution in [3.8, 4) is 11.5 Å². The van der Waals surface area contributed by atoms with E-state index in [4.69, 9.17) is 14.2 Å². The number of methoxy groups -OCH3 is 1. The zero-order valence-corrected chi connectivity index (χ0v) is 23.6. The first-order valence-corrected chi connectivity index (χ1v) is 16.6. The van der Waals surface area contributed by atoms with Gasteiger partial charge in [-0.1, -0.05) is 6.07 Å². The molecule has 0 saturated carbocycles. The predicted molar refractivity (Wildman–Crippen MR) is 154 cm³/mol. The van der Waals surface area contributed by atoms with Crippen LogP contribution in [0.4, 0.5) is 0 Å². The molecule has 0 amide bonds. The van der Waals surface area contributed by atoms with Gasteiger partial charge < -0.3 is 14.2 Å². The average molecular weight is 543 g/mol. The highest BCUT2D eigenvalue weighted by Crippen LogP contribution is 2.28. The zero-order valence-electron chi connectivity index (χ0n) is 18.6. The molecule has 0 saturated heterocycles. The molecule has 180 valence electrons. The van der Waals surface area contributed by atoms with Crippen molar-refractivity contribution in [3.05, 3.63) is 23.8 Å². The first-order chi connectivity index (χ1) is 15.3. The standard InChI is InChI=1S/C22H38O3S6/c1-23-22-18-20(19-24-6-2-10-28-14-16-30-12-8-26)4-5-21(22)25-7-3-11-29-15-17-31-13-9-27/h4-5,18,26-27H,2-3,6-17,19H2,1H3. The van der Waals surface area contributed by atoms with Crippen LogP contribution >= 0.6 is 72.3 Å². The van der Waals surface area contributed by atoms with E-state index in [-0.39, 0.29) is 0 Å². The fourth-order valence-electron chi connectivity index (χ4n) is 2.49. The van der Waals surface area contributed by atoms with Gasteiger partial charge in [0.05, 0.1) is 20.3 Å². The summed E-state index contributed by atoms with van der Waals surface area (Å²) in [6, 6.07) is 6.09. The van der Waals surface area contributed by atoms with E-state index < -0.39 is 0 Å². The molecular weight excluding hydrogens is 505 g/mol. The van der Waals surface area contributed by atoms with Crippen LogP contribution in [0.1, 0.15) is 18.4 Å². The monoisotopic (exact) mass is 542 g/mol. The summed E-state index contributed by atoms with van der Waals surface area (Å²) in [6.07, 6.45) is 2.13. The minimum Gasteiger partial charge on any atom is -0.493 e. The second-order valence-corrected chi connectivity index (χ2v) is 12.3. The van der Waals surface area contributed by atoms with Crippen LogP contribution in [0.3, 0.4) is 0 Å². The minimum absolute atomic E-state index is 0.612. The summed E-state index contributed by atoms with van der Waals surface area (Å²) in [7, 11) is 1.69. The smallest absolute Gasteiger partial charge is 0.161 e.